The van der Waals surface area contributed by atoms with Crippen LogP contribution in [0.4, 0.5) is 0 Å². The number of hydrogen-bond acceptors (Lipinski definition) is 5. The molecule has 1 aromatic heterocycles. The summed E-state index contributed by atoms with van der Waals surface area (Å²) in [5.74, 6) is 0.212. The molecule has 6 nitrogen and oxygen atoms in total. The Balaban J connectivity index is 1.46. The molecule has 2 atom stereocenters. The first kappa shape index (κ1) is 23.4. The van der Waals surface area contributed by atoms with Crippen LogP contribution in [-0.4, -0.2) is 37.1 Å². The number of para-hydroxylation sites is 1. The minimum Gasteiger partial charge on any atom is -0.312 e. The maximum Gasteiger partial charge on any atom is 0.268 e. The number of fused-ring (bicyclic) bond motifs is 5. The minimum atomic E-state index is -3.80. The first-order valence-electron chi connectivity index (χ1n) is 12.7. The van der Waals surface area contributed by atoms with Gasteiger partial charge in [0.1, 0.15) is 0 Å². The molecule has 3 heterocycles. The molecule has 36 heavy (non-hydrogen) atoms. The lowest BCUT2D eigenvalue weighted by molar-refractivity contribution is -0.192. The lowest BCUT2D eigenvalue weighted by Crippen LogP contribution is -2.42. The average Bonchev–Trinajstić information content (AvgIpc) is 3.12. The van der Waals surface area contributed by atoms with Crippen molar-refractivity contribution in [3.63, 3.8) is 0 Å². The van der Waals surface area contributed by atoms with Crippen molar-refractivity contribution in [2.24, 2.45) is 5.92 Å². The van der Waals surface area contributed by atoms with Gasteiger partial charge in [0.05, 0.1) is 28.8 Å². The fourth-order valence-electron chi connectivity index (χ4n) is 5.81. The predicted octanol–water partition coefficient (Wildman–Crippen LogP) is 4.91. The zero-order chi connectivity index (χ0) is 24.5. The maximum atomic E-state index is 14.1. The van der Waals surface area contributed by atoms with E-state index in [4.69, 9.17) is 4.84 Å². The lowest BCUT2D eigenvalue weighted by atomic mass is 9.87. The third-order valence-electron chi connectivity index (χ3n) is 7.43. The van der Waals surface area contributed by atoms with Crippen LogP contribution in [0.1, 0.15) is 35.7 Å². The van der Waals surface area contributed by atoms with Crippen molar-refractivity contribution in [3.8, 4) is 0 Å². The van der Waals surface area contributed by atoms with E-state index in [2.05, 4.69) is 40.7 Å². The van der Waals surface area contributed by atoms with E-state index in [1.807, 2.05) is 30.3 Å². The van der Waals surface area contributed by atoms with Crippen LogP contribution in [0.5, 0.6) is 0 Å². The van der Waals surface area contributed by atoms with Gasteiger partial charge in [-0.25, -0.2) is 12.4 Å². The van der Waals surface area contributed by atoms with Crippen LogP contribution >= 0.6 is 0 Å². The topological polar surface area (TPSA) is 63.6 Å². The van der Waals surface area contributed by atoms with Crippen LogP contribution in [-0.2, 0) is 27.8 Å². The molecule has 6 rings (SSSR count). The smallest absolute Gasteiger partial charge is 0.268 e. The summed E-state index contributed by atoms with van der Waals surface area (Å²) in [7, 11) is -3.80. The van der Waals surface area contributed by atoms with Crippen molar-refractivity contribution in [2.45, 2.75) is 36.7 Å². The summed E-state index contributed by atoms with van der Waals surface area (Å²) >= 11 is 0. The highest BCUT2D eigenvalue weighted by Crippen LogP contribution is 2.44. The zero-order valence-corrected chi connectivity index (χ0v) is 21.0. The van der Waals surface area contributed by atoms with E-state index in [-0.39, 0.29) is 12.0 Å². The largest absolute Gasteiger partial charge is 0.312 e. The SMILES string of the molecule is O=S(=O)(c1ccccc1)n1c2c(c3ccccc31)CCN1OCCC[C@@H](CNCc3ccccc3)[C@@H]21. The van der Waals surface area contributed by atoms with Crippen LogP contribution in [0.3, 0.4) is 0 Å². The molecule has 0 bridgehead atoms. The summed E-state index contributed by atoms with van der Waals surface area (Å²) in [6.07, 6.45) is 2.68. The highest BCUT2D eigenvalue weighted by Gasteiger charge is 2.42. The van der Waals surface area contributed by atoms with Crippen molar-refractivity contribution in [1.82, 2.24) is 14.4 Å². The van der Waals surface area contributed by atoms with Gasteiger partial charge in [0.15, 0.2) is 0 Å². The first-order chi connectivity index (χ1) is 17.6. The summed E-state index contributed by atoms with van der Waals surface area (Å²) in [6.45, 7) is 2.98. The molecule has 0 aliphatic carbocycles. The van der Waals surface area contributed by atoms with Crippen molar-refractivity contribution in [3.05, 3.63) is 102 Å². The van der Waals surface area contributed by atoms with Crippen LogP contribution in [0.2, 0.25) is 0 Å². The molecule has 1 fully saturated rings. The molecule has 1 N–H and O–H groups in total. The molecule has 0 saturated carbocycles. The highest BCUT2D eigenvalue weighted by atomic mass is 32.2. The fraction of sp³-hybridized carbons (Fsp3) is 0.310. The van der Waals surface area contributed by atoms with E-state index in [0.717, 1.165) is 61.1 Å². The van der Waals surface area contributed by atoms with Gasteiger partial charge < -0.3 is 5.32 Å². The summed E-state index contributed by atoms with van der Waals surface area (Å²) < 4.78 is 29.9. The number of benzene rings is 3. The molecule has 0 amide bonds. The Labute approximate surface area is 212 Å². The van der Waals surface area contributed by atoms with Gasteiger partial charge in [0.2, 0.25) is 0 Å². The number of hydrogen-bond donors (Lipinski definition) is 1. The molecular formula is C29H31N3O3S. The van der Waals surface area contributed by atoms with Crippen molar-refractivity contribution in [1.29, 1.82) is 0 Å². The van der Waals surface area contributed by atoms with Gasteiger partial charge in [0.25, 0.3) is 10.0 Å². The second kappa shape index (κ2) is 9.82. The monoisotopic (exact) mass is 501 g/mol. The summed E-state index contributed by atoms with van der Waals surface area (Å²) in [4.78, 5) is 6.53. The third-order valence-corrected chi connectivity index (χ3v) is 9.17. The molecule has 2 aliphatic rings. The van der Waals surface area contributed by atoms with E-state index in [1.165, 1.54) is 5.56 Å². The molecular weight excluding hydrogens is 470 g/mol. The van der Waals surface area contributed by atoms with Gasteiger partial charge >= 0.3 is 0 Å². The van der Waals surface area contributed by atoms with Gasteiger partial charge in [-0.15, -0.1) is 0 Å². The van der Waals surface area contributed by atoms with Crippen molar-refractivity contribution < 1.29 is 13.3 Å². The first-order valence-corrected chi connectivity index (χ1v) is 14.2. The molecule has 0 spiro atoms. The lowest BCUT2D eigenvalue weighted by Gasteiger charge is -2.38. The Morgan fingerprint density at radius 3 is 2.44 bits per heavy atom. The Morgan fingerprint density at radius 1 is 0.917 bits per heavy atom. The summed E-state index contributed by atoms with van der Waals surface area (Å²) in [6, 6.07) is 26.9. The van der Waals surface area contributed by atoms with E-state index in [0.29, 0.717) is 11.5 Å². The van der Waals surface area contributed by atoms with Crippen molar-refractivity contribution in [2.75, 3.05) is 19.7 Å². The summed E-state index contributed by atoms with van der Waals surface area (Å²) in [5.41, 5.74) is 3.97. The molecule has 4 aromatic rings. The standard InChI is InChI=1S/C29H31N3O3S/c33-36(34,24-13-5-2-6-14-24)32-27-16-8-7-15-25(27)26-17-18-31-28(29(26)32)23(12-9-19-35-31)21-30-20-22-10-3-1-4-11-22/h1-8,10-11,13-16,23,28,30H,9,12,17-21H2/t23-,28-/m0/s1. The fourth-order valence-corrected chi connectivity index (χ4v) is 7.42. The zero-order valence-electron chi connectivity index (χ0n) is 20.2. The number of rotatable bonds is 6. The van der Waals surface area contributed by atoms with Gasteiger partial charge in [-0.3, -0.25) is 4.84 Å². The Kier molecular flexibility index (Phi) is 6.39. The maximum absolute atomic E-state index is 14.1. The Morgan fingerprint density at radius 2 is 1.64 bits per heavy atom. The number of nitrogens with one attached hydrogen (secondary N) is 1. The van der Waals surface area contributed by atoms with Gasteiger partial charge in [-0.05, 0) is 54.5 Å². The van der Waals surface area contributed by atoms with E-state index in [9.17, 15) is 8.42 Å². The third kappa shape index (κ3) is 4.16. The van der Waals surface area contributed by atoms with Gasteiger partial charge in [0, 0.05) is 25.0 Å². The number of hydroxylamine groups is 2. The molecule has 186 valence electrons. The van der Waals surface area contributed by atoms with Crippen LogP contribution in [0.15, 0.2) is 89.8 Å². The highest BCUT2D eigenvalue weighted by molar-refractivity contribution is 7.90. The van der Waals surface area contributed by atoms with Gasteiger partial charge in [-0.1, -0.05) is 66.7 Å². The van der Waals surface area contributed by atoms with Crippen LogP contribution < -0.4 is 5.32 Å². The molecule has 1 saturated heterocycles. The Hall–Kier alpha value is -2.97. The minimum absolute atomic E-state index is 0.148. The Bertz CT molecular complexity index is 1450. The summed E-state index contributed by atoms with van der Waals surface area (Å²) in [5, 5.41) is 6.72. The molecule has 7 heteroatoms. The number of nitrogens with zero attached hydrogens (tertiary/aromatic N) is 2. The van der Waals surface area contributed by atoms with Crippen molar-refractivity contribution >= 4 is 20.9 Å². The van der Waals surface area contributed by atoms with Crippen LogP contribution in [0, 0.1) is 5.92 Å². The molecule has 3 aromatic carbocycles. The molecule has 0 radical (unpaired) electrons. The van der Waals surface area contributed by atoms with Gasteiger partial charge in [-0.2, -0.15) is 5.06 Å². The average molecular weight is 502 g/mol. The quantitative estimate of drug-likeness (QED) is 0.407. The predicted molar refractivity (Wildman–Crippen MR) is 141 cm³/mol. The van der Waals surface area contributed by atoms with Crippen LogP contribution in [0.25, 0.3) is 10.9 Å². The molecule has 0 unspecified atom stereocenters. The number of aromatic nitrogens is 1. The van der Waals surface area contributed by atoms with E-state index < -0.39 is 10.0 Å². The van der Waals surface area contributed by atoms with E-state index >= 15 is 0 Å². The molecule has 2 aliphatic heterocycles. The second-order valence-corrected chi connectivity index (χ2v) is 11.4. The second-order valence-electron chi connectivity index (χ2n) is 9.65. The van der Waals surface area contributed by atoms with E-state index in [1.54, 1.807) is 28.2 Å². The normalized spacial score (nSPS) is 20.6.